The minimum Gasteiger partial charge on any atom is -0.395 e. The largest absolute Gasteiger partial charge is 0.395 e. The Hall–Kier alpha value is -1.79. The van der Waals surface area contributed by atoms with Crippen LogP contribution in [0, 0.1) is 0 Å². The zero-order valence-electron chi connectivity index (χ0n) is 17.3. The smallest absolute Gasteiger partial charge is 0.227 e. The van der Waals surface area contributed by atoms with Crippen LogP contribution >= 0.6 is 23.2 Å². The summed E-state index contributed by atoms with van der Waals surface area (Å²) >= 11 is 12.1. The molecule has 0 bridgehead atoms. The van der Waals surface area contributed by atoms with Gasteiger partial charge in [-0.2, -0.15) is 0 Å². The van der Waals surface area contributed by atoms with Gasteiger partial charge in [-0.25, -0.2) is 0 Å². The predicted molar refractivity (Wildman–Crippen MR) is 123 cm³/mol. The van der Waals surface area contributed by atoms with Crippen LogP contribution in [0.5, 0.6) is 0 Å². The number of carbonyl (C=O) groups excluding carboxylic acids is 1. The third kappa shape index (κ3) is 6.11. The van der Waals surface area contributed by atoms with Crippen molar-refractivity contribution in [1.82, 2.24) is 9.80 Å². The molecule has 5 nitrogen and oxygen atoms in total. The second kappa shape index (κ2) is 11.0. The molecule has 0 spiro atoms. The fourth-order valence-corrected chi connectivity index (χ4v) is 4.13. The first-order valence-corrected chi connectivity index (χ1v) is 11.1. The van der Waals surface area contributed by atoms with E-state index in [2.05, 4.69) is 22.3 Å². The lowest BCUT2D eigenvalue weighted by molar-refractivity contribution is -0.131. The number of aliphatic hydroxyl groups excluding tert-OH is 1. The van der Waals surface area contributed by atoms with E-state index in [4.69, 9.17) is 28.3 Å². The summed E-state index contributed by atoms with van der Waals surface area (Å²) < 4.78 is 0. The van der Waals surface area contributed by atoms with E-state index in [0.29, 0.717) is 16.6 Å². The molecule has 1 heterocycles. The summed E-state index contributed by atoms with van der Waals surface area (Å²) in [5.74, 6) is 0.0417. The molecule has 1 fully saturated rings. The average molecular weight is 450 g/mol. The molecule has 1 aliphatic heterocycles. The number of likely N-dealkylation sites (tertiary alicyclic amines) is 1. The zero-order valence-corrected chi connectivity index (χ0v) is 18.8. The average Bonchev–Trinajstić information content (AvgIpc) is 3.26. The number of nitrogens with zero attached hydrogens (tertiary/aromatic N) is 2. The van der Waals surface area contributed by atoms with Gasteiger partial charge in [0.1, 0.15) is 0 Å². The quantitative estimate of drug-likeness (QED) is 0.600. The van der Waals surface area contributed by atoms with Gasteiger partial charge in [-0.3, -0.25) is 4.79 Å². The molecule has 162 valence electrons. The van der Waals surface area contributed by atoms with Gasteiger partial charge in [-0.05, 0) is 61.3 Å². The van der Waals surface area contributed by atoms with Crippen LogP contribution in [-0.2, 0) is 11.2 Å². The fourth-order valence-electron chi connectivity index (χ4n) is 3.81. The monoisotopic (exact) mass is 449 g/mol. The molecule has 1 amide bonds. The van der Waals surface area contributed by atoms with Crippen molar-refractivity contribution in [3.05, 3.63) is 63.6 Å². The number of aliphatic hydroxyl groups is 1. The maximum Gasteiger partial charge on any atom is 0.227 e. The molecule has 0 saturated carbocycles. The van der Waals surface area contributed by atoms with Gasteiger partial charge in [0.15, 0.2) is 0 Å². The lowest BCUT2D eigenvalue weighted by Gasteiger charge is -2.32. The minimum atomic E-state index is -0.0368. The lowest BCUT2D eigenvalue weighted by Crippen LogP contribution is -2.39. The summed E-state index contributed by atoms with van der Waals surface area (Å²) in [4.78, 5) is 17.4. The molecule has 1 aliphatic rings. The second-order valence-electron chi connectivity index (χ2n) is 7.73. The van der Waals surface area contributed by atoms with Gasteiger partial charge in [0.2, 0.25) is 5.91 Å². The first-order chi connectivity index (χ1) is 14.5. The Morgan fingerprint density at radius 3 is 2.47 bits per heavy atom. The highest BCUT2D eigenvalue weighted by Gasteiger charge is 2.25. The molecule has 30 heavy (non-hydrogen) atoms. The number of hydrogen-bond donors (Lipinski definition) is 2. The van der Waals surface area contributed by atoms with Crippen LogP contribution in [0.2, 0.25) is 10.0 Å². The number of hydrogen-bond acceptors (Lipinski definition) is 4. The summed E-state index contributed by atoms with van der Waals surface area (Å²) in [6, 6.07) is 13.4. The number of nitrogens with one attached hydrogen (secondary N) is 1. The van der Waals surface area contributed by atoms with Gasteiger partial charge < -0.3 is 20.2 Å². The van der Waals surface area contributed by atoms with Crippen molar-refractivity contribution in [2.75, 3.05) is 45.2 Å². The van der Waals surface area contributed by atoms with Crippen LogP contribution in [0.15, 0.2) is 42.5 Å². The normalized spacial score (nSPS) is 15.2. The minimum absolute atomic E-state index is 0.0368. The molecule has 0 aliphatic carbocycles. The molecule has 1 saturated heterocycles. The summed E-state index contributed by atoms with van der Waals surface area (Å²) in [6.45, 7) is 3.56. The van der Waals surface area contributed by atoms with E-state index in [1.807, 2.05) is 30.1 Å². The maximum atomic E-state index is 13.1. The molecule has 2 N–H and O–H groups in total. The third-order valence-corrected chi connectivity index (χ3v) is 6.31. The highest BCUT2D eigenvalue weighted by molar-refractivity contribution is 6.42. The summed E-state index contributed by atoms with van der Waals surface area (Å²) in [5.41, 5.74) is 2.91. The van der Waals surface area contributed by atoms with Crippen LogP contribution in [0.3, 0.4) is 0 Å². The second-order valence-corrected chi connectivity index (χ2v) is 8.54. The van der Waals surface area contributed by atoms with Gasteiger partial charge in [0.25, 0.3) is 0 Å². The van der Waals surface area contributed by atoms with Crippen molar-refractivity contribution < 1.29 is 9.90 Å². The number of benzene rings is 2. The van der Waals surface area contributed by atoms with Gasteiger partial charge in [0, 0.05) is 25.8 Å². The number of likely N-dealkylation sites (N-methyl/N-ethyl adjacent to an activating group) is 1. The van der Waals surface area contributed by atoms with Crippen LogP contribution in [0.25, 0.3) is 0 Å². The first kappa shape index (κ1) is 22.9. The van der Waals surface area contributed by atoms with Crippen LogP contribution in [0.4, 0.5) is 5.69 Å². The van der Waals surface area contributed by atoms with Crippen molar-refractivity contribution in [2.24, 2.45) is 0 Å². The fraction of sp³-hybridized carbons (Fsp3) is 0.435. The van der Waals surface area contributed by atoms with Gasteiger partial charge in [-0.15, -0.1) is 0 Å². The standard InChI is InChI=1S/C23H29Cl2N3O2/c1-27(23(30)15-17-4-9-20(24)21(25)14-17)22(16-28-11-2-3-12-28)18-5-7-19(8-6-18)26-10-13-29/h4-9,14,22,26,29H,2-3,10-13,15-16H2,1H3/t22-/m1/s1. The van der Waals surface area contributed by atoms with Crippen molar-refractivity contribution >= 4 is 34.8 Å². The molecule has 0 unspecified atom stereocenters. The van der Waals surface area contributed by atoms with E-state index in [1.165, 1.54) is 12.8 Å². The number of amides is 1. The number of anilines is 1. The van der Waals surface area contributed by atoms with Crippen molar-refractivity contribution in [2.45, 2.75) is 25.3 Å². The molecule has 0 radical (unpaired) electrons. The zero-order chi connectivity index (χ0) is 21.5. The Labute approximate surface area is 188 Å². The number of rotatable bonds is 9. The summed E-state index contributed by atoms with van der Waals surface area (Å²) in [5, 5.41) is 13.1. The van der Waals surface area contributed by atoms with Gasteiger partial charge in [0.05, 0.1) is 29.1 Å². The first-order valence-electron chi connectivity index (χ1n) is 10.3. The number of halogens is 2. The van der Waals surface area contributed by atoms with Gasteiger partial charge in [-0.1, -0.05) is 41.4 Å². The topological polar surface area (TPSA) is 55.8 Å². The lowest BCUT2D eigenvalue weighted by atomic mass is 10.0. The molecule has 3 rings (SSSR count). The third-order valence-electron chi connectivity index (χ3n) is 5.57. The number of carbonyl (C=O) groups is 1. The van der Waals surface area contributed by atoms with Crippen LogP contribution < -0.4 is 5.32 Å². The van der Waals surface area contributed by atoms with Crippen molar-refractivity contribution in [3.63, 3.8) is 0 Å². The van der Waals surface area contributed by atoms with Crippen molar-refractivity contribution in [1.29, 1.82) is 0 Å². The maximum absolute atomic E-state index is 13.1. The molecule has 2 aromatic carbocycles. The molecular weight excluding hydrogens is 421 g/mol. The predicted octanol–water partition coefficient (Wildman–Crippen LogP) is 4.24. The van der Waals surface area contributed by atoms with E-state index in [-0.39, 0.29) is 25.0 Å². The summed E-state index contributed by atoms with van der Waals surface area (Å²) in [6.07, 6.45) is 2.69. The molecule has 0 aromatic heterocycles. The summed E-state index contributed by atoms with van der Waals surface area (Å²) in [7, 11) is 1.87. The molecule has 2 aromatic rings. The van der Waals surface area contributed by atoms with Gasteiger partial charge >= 0.3 is 0 Å². The van der Waals surface area contributed by atoms with Crippen LogP contribution in [-0.4, -0.2) is 60.6 Å². The van der Waals surface area contributed by atoms with E-state index in [9.17, 15) is 4.79 Å². The molecule has 7 heteroatoms. The van der Waals surface area contributed by atoms with Crippen LogP contribution in [0.1, 0.15) is 30.0 Å². The highest BCUT2D eigenvalue weighted by Crippen LogP contribution is 2.27. The molecular formula is C23H29Cl2N3O2. The Kier molecular flexibility index (Phi) is 8.40. The van der Waals surface area contributed by atoms with E-state index < -0.39 is 0 Å². The Balaban J connectivity index is 1.75. The van der Waals surface area contributed by atoms with E-state index in [1.54, 1.807) is 12.1 Å². The van der Waals surface area contributed by atoms with E-state index >= 15 is 0 Å². The Morgan fingerprint density at radius 2 is 1.83 bits per heavy atom. The Morgan fingerprint density at radius 1 is 1.13 bits per heavy atom. The highest BCUT2D eigenvalue weighted by atomic mass is 35.5. The van der Waals surface area contributed by atoms with E-state index in [0.717, 1.165) is 36.4 Å². The van der Waals surface area contributed by atoms with Crippen molar-refractivity contribution in [3.8, 4) is 0 Å². The Bertz CT molecular complexity index is 839. The molecule has 1 atom stereocenters. The SMILES string of the molecule is CN(C(=O)Cc1ccc(Cl)c(Cl)c1)[C@H](CN1CCCC1)c1ccc(NCCO)cc1.